The molecule has 0 fully saturated rings. The summed E-state index contributed by atoms with van der Waals surface area (Å²) >= 11 is 9.82. The summed E-state index contributed by atoms with van der Waals surface area (Å²) in [6, 6.07) is 14.3. The van der Waals surface area contributed by atoms with Crippen LogP contribution in [0.25, 0.3) is 0 Å². The molecule has 0 aliphatic rings. The predicted molar refractivity (Wildman–Crippen MR) is 135 cm³/mol. The fourth-order valence-electron chi connectivity index (χ4n) is 3.74. The van der Waals surface area contributed by atoms with Crippen molar-refractivity contribution in [3.8, 4) is 6.07 Å². The lowest BCUT2D eigenvalue weighted by Gasteiger charge is -2.26. The van der Waals surface area contributed by atoms with Gasteiger partial charge in [0.2, 0.25) is 0 Å². The van der Waals surface area contributed by atoms with Crippen molar-refractivity contribution >= 4 is 39.2 Å². The van der Waals surface area contributed by atoms with Crippen LogP contribution in [-0.2, 0) is 9.47 Å². The van der Waals surface area contributed by atoms with Crippen LogP contribution in [0.3, 0.4) is 0 Å². The number of aromatic nitrogens is 2. The normalized spacial score (nSPS) is 12.6. The van der Waals surface area contributed by atoms with Gasteiger partial charge in [0.1, 0.15) is 0 Å². The van der Waals surface area contributed by atoms with Gasteiger partial charge in [0.15, 0.2) is 10.4 Å². The van der Waals surface area contributed by atoms with Gasteiger partial charge >= 0.3 is 5.97 Å². The second-order valence-electron chi connectivity index (χ2n) is 7.78. The third-order valence-electron chi connectivity index (χ3n) is 5.37. The van der Waals surface area contributed by atoms with E-state index in [0.717, 1.165) is 16.8 Å². The van der Waals surface area contributed by atoms with Gasteiger partial charge in [-0.1, -0.05) is 29.8 Å². The summed E-state index contributed by atoms with van der Waals surface area (Å²) in [5.41, 5.74) is 3.96. The van der Waals surface area contributed by atoms with Crippen molar-refractivity contribution in [3.63, 3.8) is 0 Å². The molecular formula is C25H26BrClN4O3. The van der Waals surface area contributed by atoms with Crippen LogP contribution in [0.2, 0.25) is 5.02 Å². The molecule has 1 aromatic heterocycles. The molecule has 9 heteroatoms. The number of nitriles is 1. The highest BCUT2D eigenvalue weighted by Crippen LogP contribution is 2.35. The third-order valence-corrected chi connectivity index (χ3v) is 6.16. The SMILES string of the molecule is CCOC(=O)c1nc(Br)n([C@H](C)COC)c1C(Nc1cc(Cl)ccc1C)c1ccc(C#N)cc1. The summed E-state index contributed by atoms with van der Waals surface area (Å²) < 4.78 is 13.1. The molecule has 0 saturated carbocycles. The highest BCUT2D eigenvalue weighted by atomic mass is 79.9. The van der Waals surface area contributed by atoms with Crippen molar-refractivity contribution in [3.05, 3.63) is 80.3 Å². The molecule has 7 nitrogen and oxygen atoms in total. The second-order valence-corrected chi connectivity index (χ2v) is 8.93. The van der Waals surface area contributed by atoms with E-state index >= 15 is 0 Å². The van der Waals surface area contributed by atoms with Crippen LogP contribution in [0.15, 0.2) is 47.2 Å². The first kappa shape index (κ1) is 25.8. The van der Waals surface area contributed by atoms with Crippen LogP contribution < -0.4 is 5.32 Å². The first-order valence-corrected chi connectivity index (χ1v) is 11.9. The molecular weight excluding hydrogens is 520 g/mol. The Morgan fingerprint density at radius 1 is 1.29 bits per heavy atom. The van der Waals surface area contributed by atoms with E-state index in [9.17, 15) is 10.1 Å². The number of carbonyl (C=O) groups is 1. The quantitative estimate of drug-likeness (QED) is 0.329. The van der Waals surface area contributed by atoms with E-state index < -0.39 is 12.0 Å². The Morgan fingerprint density at radius 3 is 2.62 bits per heavy atom. The number of nitrogens with one attached hydrogen (secondary N) is 1. The highest BCUT2D eigenvalue weighted by molar-refractivity contribution is 9.10. The number of carbonyl (C=O) groups excluding carboxylic acids is 1. The van der Waals surface area contributed by atoms with Crippen LogP contribution in [0.5, 0.6) is 0 Å². The van der Waals surface area contributed by atoms with Crippen molar-refractivity contribution in [1.82, 2.24) is 9.55 Å². The van der Waals surface area contributed by atoms with Gasteiger partial charge in [0, 0.05) is 17.8 Å². The molecule has 0 saturated heterocycles. The van der Waals surface area contributed by atoms with E-state index in [1.807, 2.05) is 48.7 Å². The minimum Gasteiger partial charge on any atom is -0.461 e. The molecule has 0 spiro atoms. The van der Waals surface area contributed by atoms with Crippen molar-refractivity contribution in [2.45, 2.75) is 32.9 Å². The standard InChI is InChI=1S/C25H26BrClN4O3/c1-5-34-24(32)22-23(31(25(26)30-22)16(3)14-33-4)21(18-9-7-17(13-28)8-10-18)29-20-12-19(27)11-6-15(20)2/h6-12,16,21,29H,5,14H2,1-4H3/t16-,21?/m1/s1. The lowest BCUT2D eigenvalue weighted by molar-refractivity contribution is 0.0518. The number of benzene rings is 2. The zero-order chi connectivity index (χ0) is 24.8. The average Bonchev–Trinajstić information content (AvgIpc) is 3.17. The molecule has 178 valence electrons. The number of hydrogen-bond donors (Lipinski definition) is 1. The van der Waals surface area contributed by atoms with Crippen LogP contribution in [-0.4, -0.2) is 35.8 Å². The summed E-state index contributed by atoms with van der Waals surface area (Å²) in [6.45, 7) is 6.33. The van der Waals surface area contributed by atoms with Crippen LogP contribution >= 0.6 is 27.5 Å². The van der Waals surface area contributed by atoms with Crippen LogP contribution in [0.1, 0.15) is 58.8 Å². The molecule has 0 aliphatic heterocycles. The van der Waals surface area contributed by atoms with Gasteiger partial charge in [0.05, 0.1) is 42.6 Å². The van der Waals surface area contributed by atoms with Gasteiger partial charge in [-0.2, -0.15) is 5.26 Å². The van der Waals surface area contributed by atoms with E-state index in [-0.39, 0.29) is 18.3 Å². The summed E-state index contributed by atoms with van der Waals surface area (Å²) in [5.74, 6) is -0.523. The molecule has 0 bridgehead atoms. The maximum atomic E-state index is 13.0. The fraction of sp³-hybridized carbons (Fsp3) is 0.320. The maximum Gasteiger partial charge on any atom is 0.358 e. The molecule has 34 heavy (non-hydrogen) atoms. The lowest BCUT2D eigenvalue weighted by atomic mass is 9.99. The number of hydrogen-bond acceptors (Lipinski definition) is 6. The van der Waals surface area contributed by atoms with Gasteiger partial charge in [-0.25, -0.2) is 9.78 Å². The average molecular weight is 546 g/mol. The van der Waals surface area contributed by atoms with Gasteiger partial charge < -0.3 is 19.4 Å². The molecule has 0 radical (unpaired) electrons. The minimum atomic E-state index is -0.523. The Kier molecular flexibility index (Phi) is 8.72. The van der Waals surface area contributed by atoms with Gasteiger partial charge in [-0.15, -0.1) is 0 Å². The number of anilines is 1. The number of ether oxygens (including phenoxy) is 2. The van der Waals surface area contributed by atoms with Gasteiger partial charge in [-0.05, 0) is 72.1 Å². The first-order chi connectivity index (χ1) is 16.3. The molecule has 0 aliphatic carbocycles. The molecule has 2 aromatic carbocycles. The van der Waals surface area contributed by atoms with E-state index in [1.165, 1.54) is 0 Å². The molecule has 1 unspecified atom stereocenters. The third kappa shape index (κ3) is 5.61. The number of nitrogens with zero attached hydrogens (tertiary/aromatic N) is 3. The van der Waals surface area contributed by atoms with E-state index in [2.05, 4.69) is 32.3 Å². The minimum absolute atomic E-state index is 0.145. The Bertz CT molecular complexity index is 1200. The van der Waals surface area contributed by atoms with Gasteiger partial charge in [-0.3, -0.25) is 0 Å². The number of halogens is 2. The summed E-state index contributed by atoms with van der Waals surface area (Å²) in [5, 5.41) is 13.4. The number of methoxy groups -OCH3 is 1. The van der Waals surface area contributed by atoms with E-state index in [0.29, 0.717) is 27.6 Å². The monoisotopic (exact) mass is 544 g/mol. The number of aryl methyl sites for hydroxylation is 1. The zero-order valence-corrected chi connectivity index (χ0v) is 21.8. The summed E-state index contributed by atoms with van der Waals surface area (Å²) in [7, 11) is 1.62. The smallest absolute Gasteiger partial charge is 0.358 e. The molecule has 0 amide bonds. The van der Waals surface area contributed by atoms with Crippen molar-refractivity contribution < 1.29 is 14.3 Å². The molecule has 2 atom stereocenters. The Hall–Kier alpha value is -2.86. The Balaban J connectivity index is 2.27. The predicted octanol–water partition coefficient (Wildman–Crippen LogP) is 6.06. The van der Waals surface area contributed by atoms with E-state index in [4.69, 9.17) is 21.1 Å². The summed E-state index contributed by atoms with van der Waals surface area (Å²) in [6.07, 6.45) is 0. The number of imidazole rings is 1. The van der Waals surface area contributed by atoms with Crippen LogP contribution in [0, 0.1) is 18.3 Å². The Morgan fingerprint density at radius 2 is 2.00 bits per heavy atom. The fourth-order valence-corrected chi connectivity index (χ4v) is 4.63. The lowest BCUT2D eigenvalue weighted by Crippen LogP contribution is -2.24. The zero-order valence-electron chi connectivity index (χ0n) is 19.4. The number of esters is 1. The highest BCUT2D eigenvalue weighted by Gasteiger charge is 2.32. The van der Waals surface area contributed by atoms with Crippen molar-refractivity contribution in [2.24, 2.45) is 0 Å². The summed E-state index contributed by atoms with van der Waals surface area (Å²) in [4.78, 5) is 17.5. The molecule has 1 heterocycles. The topological polar surface area (TPSA) is 89.2 Å². The van der Waals surface area contributed by atoms with Crippen LogP contribution in [0.4, 0.5) is 5.69 Å². The van der Waals surface area contributed by atoms with Crippen molar-refractivity contribution in [1.29, 1.82) is 5.26 Å². The van der Waals surface area contributed by atoms with Gasteiger partial charge in [0.25, 0.3) is 0 Å². The maximum absolute atomic E-state index is 13.0. The largest absolute Gasteiger partial charge is 0.461 e. The van der Waals surface area contributed by atoms with E-state index in [1.54, 1.807) is 26.2 Å². The Labute approximate surface area is 212 Å². The van der Waals surface area contributed by atoms with Crippen molar-refractivity contribution in [2.75, 3.05) is 25.6 Å². The number of rotatable bonds is 9. The molecule has 3 rings (SSSR count). The molecule has 3 aromatic rings. The molecule has 1 N–H and O–H groups in total. The second kappa shape index (κ2) is 11.5. The first-order valence-electron chi connectivity index (χ1n) is 10.8.